The molecule has 2 aromatic carbocycles. The van der Waals surface area contributed by atoms with E-state index in [2.05, 4.69) is 21.2 Å². The number of benzene rings is 2. The number of aryl methyl sites for hydroxylation is 1. The molecule has 1 unspecified atom stereocenters. The molecule has 2 amide bonds. The number of carbonyl (C=O) groups excluding carboxylic acids is 2. The van der Waals surface area contributed by atoms with Gasteiger partial charge in [0.1, 0.15) is 5.82 Å². The summed E-state index contributed by atoms with van der Waals surface area (Å²) < 4.78 is 14.1. The number of hydrogen-bond acceptors (Lipinski definition) is 2. The average molecular weight is 391 g/mol. The minimum absolute atomic E-state index is 0.117. The molecule has 0 bridgehead atoms. The zero-order valence-corrected chi connectivity index (χ0v) is 14.6. The van der Waals surface area contributed by atoms with Crippen molar-refractivity contribution in [1.29, 1.82) is 0 Å². The Morgan fingerprint density at radius 2 is 2.08 bits per heavy atom. The van der Waals surface area contributed by atoms with E-state index in [9.17, 15) is 14.0 Å². The Kier molecular flexibility index (Phi) is 4.66. The van der Waals surface area contributed by atoms with Crippen LogP contribution in [-0.2, 0) is 9.59 Å². The topological polar surface area (TPSA) is 49.4 Å². The minimum atomic E-state index is -0.464. The molecule has 1 saturated heterocycles. The van der Waals surface area contributed by atoms with Gasteiger partial charge in [-0.15, -0.1) is 0 Å². The molecule has 6 heteroatoms. The van der Waals surface area contributed by atoms with Gasteiger partial charge in [-0.2, -0.15) is 0 Å². The lowest BCUT2D eigenvalue weighted by Crippen LogP contribution is -2.28. The van der Waals surface area contributed by atoms with Crippen molar-refractivity contribution in [2.45, 2.75) is 13.3 Å². The van der Waals surface area contributed by atoms with Crippen molar-refractivity contribution in [3.8, 4) is 0 Å². The first kappa shape index (κ1) is 16.6. The van der Waals surface area contributed by atoms with Gasteiger partial charge in [-0.1, -0.05) is 12.1 Å². The lowest BCUT2D eigenvalue weighted by Gasteiger charge is -2.17. The van der Waals surface area contributed by atoms with Crippen molar-refractivity contribution in [2.75, 3.05) is 16.8 Å². The van der Waals surface area contributed by atoms with Gasteiger partial charge in [-0.3, -0.25) is 9.59 Å². The molecule has 1 N–H and O–H groups in total. The van der Waals surface area contributed by atoms with E-state index in [1.807, 2.05) is 25.1 Å². The van der Waals surface area contributed by atoms with Crippen molar-refractivity contribution < 1.29 is 14.0 Å². The summed E-state index contributed by atoms with van der Waals surface area (Å²) in [6, 6.07) is 11.5. The van der Waals surface area contributed by atoms with Crippen LogP contribution >= 0.6 is 15.9 Å². The van der Waals surface area contributed by atoms with Gasteiger partial charge in [0.05, 0.1) is 11.6 Å². The molecule has 0 spiro atoms. The first-order chi connectivity index (χ1) is 11.4. The number of rotatable bonds is 3. The number of hydrogen-bond donors (Lipinski definition) is 1. The fourth-order valence-electron chi connectivity index (χ4n) is 2.73. The normalized spacial score (nSPS) is 17.2. The first-order valence-corrected chi connectivity index (χ1v) is 8.36. The lowest BCUT2D eigenvalue weighted by atomic mass is 10.1. The highest BCUT2D eigenvalue weighted by atomic mass is 79.9. The second kappa shape index (κ2) is 6.73. The highest BCUT2D eigenvalue weighted by molar-refractivity contribution is 9.10. The number of halogens is 2. The Balaban J connectivity index is 1.72. The van der Waals surface area contributed by atoms with Gasteiger partial charge in [0.25, 0.3) is 0 Å². The van der Waals surface area contributed by atoms with E-state index in [0.29, 0.717) is 11.4 Å². The molecule has 124 valence electrons. The van der Waals surface area contributed by atoms with E-state index in [1.165, 1.54) is 17.0 Å². The summed E-state index contributed by atoms with van der Waals surface area (Å²) >= 11 is 3.42. The number of nitrogens with zero attached hydrogens (tertiary/aromatic N) is 1. The molecule has 1 aliphatic heterocycles. The SMILES string of the molecule is Cc1ccc(NC(=O)C2CC(=O)N(c3cccc(F)c3)C2)c(Br)c1. The van der Waals surface area contributed by atoms with E-state index in [-0.39, 0.29) is 24.8 Å². The molecule has 1 fully saturated rings. The predicted molar refractivity (Wildman–Crippen MR) is 94.4 cm³/mol. The van der Waals surface area contributed by atoms with Crippen LogP contribution in [0, 0.1) is 18.7 Å². The zero-order valence-electron chi connectivity index (χ0n) is 13.1. The molecular formula is C18H16BrFN2O2. The lowest BCUT2D eigenvalue weighted by molar-refractivity contribution is -0.122. The highest BCUT2D eigenvalue weighted by Crippen LogP contribution is 2.28. The predicted octanol–water partition coefficient (Wildman–Crippen LogP) is 3.89. The molecule has 0 saturated carbocycles. The number of amides is 2. The van der Waals surface area contributed by atoms with Crippen LogP contribution in [0.3, 0.4) is 0 Å². The second-order valence-electron chi connectivity index (χ2n) is 5.86. The Morgan fingerprint density at radius 1 is 1.29 bits per heavy atom. The van der Waals surface area contributed by atoms with Gasteiger partial charge in [-0.05, 0) is 58.7 Å². The molecule has 0 radical (unpaired) electrons. The standard InChI is InChI=1S/C18H16BrFN2O2/c1-11-5-6-16(15(19)7-11)21-18(24)12-8-17(23)22(10-12)14-4-2-3-13(20)9-14/h2-7,9,12H,8,10H2,1H3,(H,21,24). The summed E-state index contributed by atoms with van der Waals surface area (Å²) in [5.74, 6) is -1.26. The van der Waals surface area contributed by atoms with Gasteiger partial charge in [0, 0.05) is 23.1 Å². The fraction of sp³-hybridized carbons (Fsp3) is 0.222. The number of nitrogens with one attached hydrogen (secondary N) is 1. The van der Waals surface area contributed by atoms with Gasteiger partial charge in [-0.25, -0.2) is 4.39 Å². The van der Waals surface area contributed by atoms with E-state index in [0.717, 1.165) is 10.0 Å². The van der Waals surface area contributed by atoms with Crippen LogP contribution in [0.25, 0.3) is 0 Å². The van der Waals surface area contributed by atoms with Gasteiger partial charge >= 0.3 is 0 Å². The first-order valence-electron chi connectivity index (χ1n) is 7.57. The number of anilines is 2. The van der Waals surface area contributed by atoms with Crippen LogP contribution < -0.4 is 10.2 Å². The molecule has 1 heterocycles. The zero-order chi connectivity index (χ0) is 17.3. The van der Waals surface area contributed by atoms with Crippen LogP contribution in [0.4, 0.5) is 15.8 Å². The average Bonchev–Trinajstić information content (AvgIpc) is 2.92. The van der Waals surface area contributed by atoms with E-state index >= 15 is 0 Å². The summed E-state index contributed by atoms with van der Waals surface area (Å²) in [6.45, 7) is 2.21. The largest absolute Gasteiger partial charge is 0.325 e. The maximum atomic E-state index is 13.3. The Bertz CT molecular complexity index is 809. The molecular weight excluding hydrogens is 375 g/mol. The number of carbonyl (C=O) groups is 2. The van der Waals surface area contributed by atoms with Crippen LogP contribution in [-0.4, -0.2) is 18.4 Å². The molecule has 1 atom stereocenters. The van der Waals surface area contributed by atoms with Crippen LogP contribution in [0.15, 0.2) is 46.9 Å². The Labute approximate surface area is 147 Å². The monoisotopic (exact) mass is 390 g/mol. The Hall–Kier alpha value is -2.21. The maximum absolute atomic E-state index is 13.3. The van der Waals surface area contributed by atoms with E-state index < -0.39 is 11.7 Å². The van der Waals surface area contributed by atoms with E-state index in [4.69, 9.17) is 0 Å². The summed E-state index contributed by atoms with van der Waals surface area (Å²) in [5, 5.41) is 2.84. The molecule has 0 aliphatic carbocycles. The van der Waals surface area contributed by atoms with Crippen molar-refractivity contribution in [3.63, 3.8) is 0 Å². The minimum Gasteiger partial charge on any atom is -0.325 e. The van der Waals surface area contributed by atoms with Gasteiger partial charge in [0.15, 0.2) is 0 Å². The van der Waals surface area contributed by atoms with Crippen molar-refractivity contribution in [1.82, 2.24) is 0 Å². The van der Waals surface area contributed by atoms with Crippen LogP contribution in [0.5, 0.6) is 0 Å². The van der Waals surface area contributed by atoms with Crippen molar-refractivity contribution in [3.05, 3.63) is 58.3 Å². The summed E-state index contributed by atoms with van der Waals surface area (Å²) in [5.41, 5.74) is 2.22. The molecule has 4 nitrogen and oxygen atoms in total. The second-order valence-corrected chi connectivity index (χ2v) is 6.71. The quantitative estimate of drug-likeness (QED) is 0.863. The third-order valence-electron chi connectivity index (χ3n) is 4.00. The van der Waals surface area contributed by atoms with Crippen LogP contribution in [0.2, 0.25) is 0 Å². The third kappa shape index (κ3) is 3.48. The fourth-order valence-corrected chi connectivity index (χ4v) is 3.33. The smallest absolute Gasteiger partial charge is 0.229 e. The van der Waals surface area contributed by atoms with Crippen molar-refractivity contribution >= 4 is 39.1 Å². The molecule has 0 aromatic heterocycles. The molecule has 24 heavy (non-hydrogen) atoms. The molecule has 1 aliphatic rings. The molecule has 2 aromatic rings. The van der Waals surface area contributed by atoms with Gasteiger partial charge in [0.2, 0.25) is 11.8 Å². The summed E-state index contributed by atoms with van der Waals surface area (Å²) in [6.07, 6.45) is 0.117. The maximum Gasteiger partial charge on any atom is 0.229 e. The molecule has 3 rings (SSSR count). The van der Waals surface area contributed by atoms with Crippen LogP contribution in [0.1, 0.15) is 12.0 Å². The van der Waals surface area contributed by atoms with E-state index in [1.54, 1.807) is 12.1 Å². The summed E-state index contributed by atoms with van der Waals surface area (Å²) in [7, 11) is 0. The van der Waals surface area contributed by atoms with Gasteiger partial charge < -0.3 is 10.2 Å². The Morgan fingerprint density at radius 3 is 2.79 bits per heavy atom. The third-order valence-corrected chi connectivity index (χ3v) is 4.65. The highest BCUT2D eigenvalue weighted by Gasteiger charge is 2.35. The van der Waals surface area contributed by atoms with Crippen molar-refractivity contribution in [2.24, 2.45) is 5.92 Å². The summed E-state index contributed by atoms with van der Waals surface area (Å²) in [4.78, 5) is 26.1.